The highest BCUT2D eigenvalue weighted by Crippen LogP contribution is 2.61. The zero-order chi connectivity index (χ0) is 26.5. The zero-order valence-corrected chi connectivity index (χ0v) is 25.1. The summed E-state index contributed by atoms with van der Waals surface area (Å²) in [6.07, 6.45) is 0. The van der Waals surface area contributed by atoms with E-state index in [-0.39, 0.29) is 0 Å². The summed E-state index contributed by atoms with van der Waals surface area (Å²) in [6.45, 7) is 27.9. The quantitative estimate of drug-likeness (QED) is 0.356. The minimum absolute atomic E-state index is 0.368. The predicted molar refractivity (Wildman–Crippen MR) is 151 cm³/mol. The Morgan fingerprint density at radius 2 is 0.750 bits per heavy atom. The molecule has 0 N–H and O–H groups in total. The SMILES string of the molecule is Cc1c(C)c2c(c3c1OS(=O)Oc1c(C)c(C)c4c(c1-3)C(C)C(C)C(C)C4C)C(C)C(C)C(C)C2C. The molecule has 8 unspecified atom stereocenters. The third kappa shape index (κ3) is 3.25. The first kappa shape index (κ1) is 25.8. The smallest absolute Gasteiger partial charge is 0.370 e. The van der Waals surface area contributed by atoms with Gasteiger partial charge in [0.2, 0.25) is 0 Å². The van der Waals surface area contributed by atoms with E-state index >= 15 is 0 Å². The van der Waals surface area contributed by atoms with Gasteiger partial charge >= 0.3 is 11.4 Å². The van der Waals surface area contributed by atoms with E-state index in [4.69, 9.17) is 8.37 Å². The standard InChI is InChI=1S/C32H44O3S/c1-13-15(3)19(7)27-25(17(13)5)21(9)23(11)31-29(27)30-28-20(8)16(4)14(2)18(6)26(28)22(10)24(12)32(30)35-36(33)34-31/h13-20H,1-12H3. The van der Waals surface area contributed by atoms with Gasteiger partial charge in [0.25, 0.3) is 0 Å². The lowest BCUT2D eigenvalue weighted by molar-refractivity contribution is 0.271. The molecule has 0 saturated carbocycles. The van der Waals surface area contributed by atoms with E-state index in [0.29, 0.717) is 47.3 Å². The average Bonchev–Trinajstić information content (AvgIpc) is 2.99. The van der Waals surface area contributed by atoms with Crippen LogP contribution in [0.1, 0.15) is 124 Å². The van der Waals surface area contributed by atoms with Crippen LogP contribution in [0.4, 0.5) is 0 Å². The van der Waals surface area contributed by atoms with E-state index in [1.165, 1.54) is 33.4 Å². The Labute approximate surface area is 221 Å². The van der Waals surface area contributed by atoms with Gasteiger partial charge in [-0.05, 0) is 120 Å². The van der Waals surface area contributed by atoms with Crippen molar-refractivity contribution in [2.45, 2.75) is 107 Å². The zero-order valence-electron chi connectivity index (χ0n) is 24.3. The van der Waals surface area contributed by atoms with Crippen molar-refractivity contribution in [3.8, 4) is 22.6 Å². The van der Waals surface area contributed by atoms with E-state index in [1.807, 2.05) is 0 Å². The van der Waals surface area contributed by atoms with E-state index in [1.54, 1.807) is 0 Å². The van der Waals surface area contributed by atoms with Crippen LogP contribution in [0.25, 0.3) is 11.1 Å². The number of benzene rings is 2. The second kappa shape index (κ2) is 8.61. The van der Waals surface area contributed by atoms with Crippen LogP contribution in [0, 0.1) is 51.4 Å². The number of fused-ring (bicyclic) bond motifs is 7. The Hall–Kier alpha value is -1.81. The molecule has 0 saturated heterocycles. The number of hydrogen-bond donors (Lipinski definition) is 0. The summed E-state index contributed by atoms with van der Waals surface area (Å²) in [5.74, 6) is 5.42. The summed E-state index contributed by atoms with van der Waals surface area (Å²) in [5.41, 5.74) is 12.8. The van der Waals surface area contributed by atoms with E-state index in [2.05, 4.69) is 83.1 Å². The molecule has 0 fully saturated rings. The molecule has 1 heterocycles. The molecule has 0 bridgehead atoms. The van der Waals surface area contributed by atoms with Crippen molar-refractivity contribution >= 4 is 11.4 Å². The largest absolute Gasteiger partial charge is 0.417 e. The lowest BCUT2D eigenvalue weighted by Gasteiger charge is -2.44. The molecule has 2 aromatic rings. The Morgan fingerprint density at radius 3 is 1.06 bits per heavy atom. The number of hydrogen-bond acceptors (Lipinski definition) is 3. The first-order valence-corrected chi connectivity index (χ1v) is 14.9. The molecular weight excluding hydrogens is 464 g/mol. The fourth-order valence-corrected chi connectivity index (χ4v) is 8.61. The summed E-state index contributed by atoms with van der Waals surface area (Å²) < 4.78 is 25.7. The van der Waals surface area contributed by atoms with Crippen LogP contribution in [0.3, 0.4) is 0 Å². The summed E-state index contributed by atoms with van der Waals surface area (Å²) in [7, 11) is 0. The van der Waals surface area contributed by atoms with E-state index in [0.717, 1.165) is 33.8 Å². The molecule has 36 heavy (non-hydrogen) atoms. The second-order valence-electron chi connectivity index (χ2n) is 12.5. The van der Waals surface area contributed by atoms with Crippen molar-refractivity contribution in [1.82, 2.24) is 0 Å². The van der Waals surface area contributed by atoms with Gasteiger partial charge in [-0.1, -0.05) is 55.4 Å². The highest BCUT2D eigenvalue weighted by atomic mass is 32.2. The van der Waals surface area contributed by atoms with Crippen LogP contribution in [-0.4, -0.2) is 4.21 Å². The van der Waals surface area contributed by atoms with Crippen LogP contribution in [0.5, 0.6) is 11.5 Å². The topological polar surface area (TPSA) is 35.5 Å². The molecule has 196 valence electrons. The molecule has 0 amide bonds. The molecule has 0 spiro atoms. The normalized spacial score (nSPS) is 34.9. The molecular formula is C32H44O3S. The highest BCUT2D eigenvalue weighted by Gasteiger charge is 2.44. The van der Waals surface area contributed by atoms with Gasteiger partial charge in [-0.3, -0.25) is 0 Å². The molecule has 2 aliphatic carbocycles. The fourth-order valence-electron chi connectivity index (χ4n) is 7.89. The van der Waals surface area contributed by atoms with Crippen LogP contribution < -0.4 is 8.37 Å². The van der Waals surface area contributed by atoms with Gasteiger partial charge in [0.05, 0.1) is 0 Å². The Morgan fingerprint density at radius 1 is 0.472 bits per heavy atom. The van der Waals surface area contributed by atoms with Crippen LogP contribution in [0.15, 0.2) is 0 Å². The summed E-state index contributed by atoms with van der Waals surface area (Å²) in [4.78, 5) is 0. The summed E-state index contributed by atoms with van der Waals surface area (Å²) >= 11 is -1.89. The monoisotopic (exact) mass is 508 g/mol. The van der Waals surface area contributed by atoms with Gasteiger partial charge in [0, 0.05) is 11.1 Å². The Kier molecular flexibility index (Phi) is 6.18. The van der Waals surface area contributed by atoms with Gasteiger partial charge in [0.15, 0.2) is 11.5 Å². The average molecular weight is 509 g/mol. The predicted octanol–water partition coefficient (Wildman–Crippen LogP) is 8.92. The summed E-state index contributed by atoms with van der Waals surface area (Å²) in [6, 6.07) is 0. The van der Waals surface area contributed by atoms with Crippen molar-refractivity contribution < 1.29 is 12.6 Å². The molecule has 0 aromatic heterocycles. The Balaban J connectivity index is 2.03. The highest BCUT2D eigenvalue weighted by molar-refractivity contribution is 7.76. The molecule has 5 rings (SSSR count). The van der Waals surface area contributed by atoms with Gasteiger partial charge in [-0.25, -0.2) is 0 Å². The molecule has 4 heteroatoms. The first-order valence-electron chi connectivity index (χ1n) is 13.9. The maximum absolute atomic E-state index is 13.3. The first-order chi connectivity index (χ1) is 16.8. The van der Waals surface area contributed by atoms with E-state index < -0.39 is 11.4 Å². The molecule has 3 nitrogen and oxygen atoms in total. The summed E-state index contributed by atoms with van der Waals surface area (Å²) in [5, 5.41) is 0. The maximum atomic E-state index is 13.3. The minimum atomic E-state index is -1.89. The number of rotatable bonds is 0. The van der Waals surface area contributed by atoms with Gasteiger partial charge in [-0.15, -0.1) is 0 Å². The van der Waals surface area contributed by atoms with Gasteiger partial charge in [0.1, 0.15) is 0 Å². The van der Waals surface area contributed by atoms with Crippen molar-refractivity contribution in [3.63, 3.8) is 0 Å². The van der Waals surface area contributed by atoms with E-state index in [9.17, 15) is 4.21 Å². The van der Waals surface area contributed by atoms with Crippen molar-refractivity contribution in [2.75, 3.05) is 0 Å². The van der Waals surface area contributed by atoms with Crippen molar-refractivity contribution in [1.29, 1.82) is 0 Å². The maximum Gasteiger partial charge on any atom is 0.417 e. The molecule has 0 radical (unpaired) electrons. The van der Waals surface area contributed by atoms with Crippen molar-refractivity contribution in [2.24, 2.45) is 23.7 Å². The van der Waals surface area contributed by atoms with Crippen LogP contribution >= 0.6 is 0 Å². The Bertz CT molecular complexity index is 1190. The molecule has 1 aliphatic heterocycles. The van der Waals surface area contributed by atoms with Gasteiger partial charge in [-0.2, -0.15) is 4.21 Å². The lowest BCUT2D eigenvalue weighted by Crippen LogP contribution is -2.31. The molecule has 8 atom stereocenters. The van der Waals surface area contributed by atoms with Crippen LogP contribution in [-0.2, 0) is 11.4 Å². The molecule has 2 aromatic carbocycles. The third-order valence-electron chi connectivity index (χ3n) is 11.4. The fraction of sp³-hybridized carbons (Fsp3) is 0.625. The second-order valence-corrected chi connectivity index (χ2v) is 13.3. The third-order valence-corrected chi connectivity index (χ3v) is 12.0. The lowest BCUT2D eigenvalue weighted by atomic mass is 9.60. The van der Waals surface area contributed by atoms with Gasteiger partial charge < -0.3 is 8.37 Å². The van der Waals surface area contributed by atoms with Crippen molar-refractivity contribution in [3.05, 3.63) is 44.5 Å². The minimum Gasteiger partial charge on any atom is -0.370 e. The molecule has 3 aliphatic rings. The van der Waals surface area contributed by atoms with Crippen LogP contribution in [0.2, 0.25) is 0 Å².